The Bertz CT molecular complexity index is 400. The summed E-state index contributed by atoms with van der Waals surface area (Å²) < 4.78 is 17.8. The average Bonchev–Trinajstić information content (AvgIpc) is 2.22. The number of rotatable bonds is 1. The standard InChI is InChI=1S/C11H15FN2O2.C2H6/c1-11(2,3)16-10(15)14-9-5-4-7(12)6-8(9)13;1-2/h4-6H,13H2,1-3H3,(H,14,15);1-2H3. The summed E-state index contributed by atoms with van der Waals surface area (Å²) in [5.74, 6) is -0.452. The average molecular weight is 256 g/mol. The van der Waals surface area contributed by atoms with Crippen molar-refractivity contribution in [1.82, 2.24) is 0 Å². The number of amides is 1. The minimum Gasteiger partial charge on any atom is -0.444 e. The molecule has 1 amide bonds. The minimum absolute atomic E-state index is 0.158. The van der Waals surface area contributed by atoms with Crippen LogP contribution in [0.5, 0.6) is 0 Å². The Balaban J connectivity index is 0.00000137. The molecular formula is C13H21FN2O2. The lowest BCUT2D eigenvalue weighted by Gasteiger charge is -2.20. The van der Waals surface area contributed by atoms with E-state index < -0.39 is 17.5 Å². The number of halogens is 1. The van der Waals surface area contributed by atoms with E-state index in [2.05, 4.69) is 5.32 Å². The third kappa shape index (κ3) is 6.08. The van der Waals surface area contributed by atoms with E-state index in [0.717, 1.165) is 6.07 Å². The second-order valence-corrected chi connectivity index (χ2v) is 4.36. The highest BCUT2D eigenvalue weighted by atomic mass is 19.1. The fraction of sp³-hybridized carbons (Fsp3) is 0.462. The van der Waals surface area contributed by atoms with Crippen molar-refractivity contribution in [2.45, 2.75) is 40.2 Å². The number of nitrogen functional groups attached to an aromatic ring is 1. The maximum Gasteiger partial charge on any atom is 0.412 e. The van der Waals surface area contributed by atoms with Crippen LogP contribution in [0.2, 0.25) is 0 Å². The van der Waals surface area contributed by atoms with Gasteiger partial charge in [-0.2, -0.15) is 0 Å². The van der Waals surface area contributed by atoms with Crippen molar-refractivity contribution in [2.24, 2.45) is 0 Å². The van der Waals surface area contributed by atoms with E-state index >= 15 is 0 Å². The molecule has 0 bridgehead atoms. The summed E-state index contributed by atoms with van der Waals surface area (Å²) in [4.78, 5) is 11.4. The molecule has 3 N–H and O–H groups in total. The maximum absolute atomic E-state index is 12.7. The third-order valence-electron chi connectivity index (χ3n) is 1.65. The summed E-state index contributed by atoms with van der Waals surface area (Å²) in [6, 6.07) is 3.73. The predicted molar refractivity (Wildman–Crippen MR) is 72.0 cm³/mol. The quantitative estimate of drug-likeness (QED) is 0.751. The minimum atomic E-state index is -0.620. The number of benzene rings is 1. The molecular weight excluding hydrogens is 235 g/mol. The van der Waals surface area contributed by atoms with Crippen molar-refractivity contribution in [2.75, 3.05) is 11.1 Å². The molecule has 1 aromatic carbocycles. The molecule has 4 nitrogen and oxygen atoms in total. The fourth-order valence-electron chi connectivity index (χ4n) is 1.06. The third-order valence-corrected chi connectivity index (χ3v) is 1.65. The summed E-state index contributed by atoms with van der Waals surface area (Å²) in [6.45, 7) is 9.25. The molecule has 18 heavy (non-hydrogen) atoms. The van der Waals surface area contributed by atoms with Crippen LogP contribution in [0.1, 0.15) is 34.6 Å². The van der Waals surface area contributed by atoms with Crippen molar-refractivity contribution in [3.63, 3.8) is 0 Å². The van der Waals surface area contributed by atoms with Gasteiger partial charge in [0.1, 0.15) is 11.4 Å². The summed E-state index contributed by atoms with van der Waals surface area (Å²) >= 11 is 0. The van der Waals surface area contributed by atoms with Crippen molar-refractivity contribution >= 4 is 17.5 Å². The Morgan fingerprint density at radius 3 is 2.33 bits per heavy atom. The molecule has 0 aromatic heterocycles. The first kappa shape index (κ1) is 16.2. The first-order chi connectivity index (χ1) is 8.28. The molecule has 0 fully saturated rings. The molecule has 0 aliphatic carbocycles. The molecule has 0 saturated carbocycles. The van der Waals surface area contributed by atoms with Crippen LogP contribution < -0.4 is 11.1 Å². The van der Waals surface area contributed by atoms with Crippen LogP contribution in [0, 0.1) is 5.82 Å². The van der Waals surface area contributed by atoms with Gasteiger partial charge in [0, 0.05) is 0 Å². The molecule has 0 aliphatic heterocycles. The van der Waals surface area contributed by atoms with Gasteiger partial charge in [-0.25, -0.2) is 9.18 Å². The van der Waals surface area contributed by atoms with Gasteiger partial charge in [0.05, 0.1) is 11.4 Å². The summed E-state index contributed by atoms with van der Waals surface area (Å²) in [6.07, 6.45) is -0.620. The number of hydrogen-bond donors (Lipinski definition) is 2. The molecule has 0 radical (unpaired) electrons. The zero-order valence-corrected chi connectivity index (χ0v) is 11.5. The fourth-order valence-corrected chi connectivity index (χ4v) is 1.06. The van der Waals surface area contributed by atoms with Gasteiger partial charge in [-0.1, -0.05) is 13.8 Å². The molecule has 1 aromatic rings. The van der Waals surface area contributed by atoms with Crippen LogP contribution in [-0.4, -0.2) is 11.7 Å². The first-order valence-corrected chi connectivity index (χ1v) is 5.83. The maximum atomic E-state index is 12.7. The van der Waals surface area contributed by atoms with E-state index in [4.69, 9.17) is 10.5 Å². The molecule has 0 spiro atoms. The topological polar surface area (TPSA) is 64.3 Å². The van der Waals surface area contributed by atoms with Gasteiger partial charge in [-0.3, -0.25) is 5.32 Å². The van der Waals surface area contributed by atoms with Gasteiger partial charge < -0.3 is 10.5 Å². The normalized spacial score (nSPS) is 10.1. The zero-order chi connectivity index (χ0) is 14.3. The Kier molecular flexibility index (Phi) is 6.16. The van der Waals surface area contributed by atoms with Crippen molar-refractivity contribution in [3.05, 3.63) is 24.0 Å². The number of carbonyl (C=O) groups excluding carboxylic acids is 1. The summed E-state index contributed by atoms with van der Waals surface area (Å²) in [5.41, 5.74) is 5.43. The lowest BCUT2D eigenvalue weighted by atomic mass is 10.2. The first-order valence-electron chi connectivity index (χ1n) is 5.83. The second kappa shape index (κ2) is 6.83. The van der Waals surface area contributed by atoms with E-state index in [1.807, 2.05) is 13.8 Å². The number of nitrogens with one attached hydrogen (secondary N) is 1. The van der Waals surface area contributed by atoms with Crippen LogP contribution in [0.25, 0.3) is 0 Å². The van der Waals surface area contributed by atoms with Crippen molar-refractivity contribution in [1.29, 1.82) is 0 Å². The van der Waals surface area contributed by atoms with Crippen molar-refractivity contribution < 1.29 is 13.9 Å². The van der Waals surface area contributed by atoms with Gasteiger partial charge >= 0.3 is 6.09 Å². The Morgan fingerprint density at radius 2 is 1.89 bits per heavy atom. The van der Waals surface area contributed by atoms with E-state index in [1.165, 1.54) is 12.1 Å². The van der Waals surface area contributed by atoms with Crippen LogP contribution in [-0.2, 0) is 4.74 Å². The molecule has 1 rings (SSSR count). The highest BCUT2D eigenvalue weighted by Crippen LogP contribution is 2.20. The highest BCUT2D eigenvalue weighted by Gasteiger charge is 2.16. The van der Waals surface area contributed by atoms with Gasteiger partial charge in [0.2, 0.25) is 0 Å². The Hall–Kier alpha value is -1.78. The molecule has 102 valence electrons. The number of hydrogen-bond acceptors (Lipinski definition) is 3. The number of ether oxygens (including phenoxy) is 1. The van der Waals surface area contributed by atoms with Gasteiger partial charge in [-0.15, -0.1) is 0 Å². The van der Waals surface area contributed by atoms with Gasteiger partial charge in [-0.05, 0) is 39.0 Å². The lowest BCUT2D eigenvalue weighted by Crippen LogP contribution is -2.27. The smallest absolute Gasteiger partial charge is 0.412 e. The number of anilines is 2. The molecule has 0 heterocycles. The van der Waals surface area contributed by atoms with E-state index in [-0.39, 0.29) is 5.69 Å². The van der Waals surface area contributed by atoms with Crippen LogP contribution in [0.15, 0.2) is 18.2 Å². The SMILES string of the molecule is CC.CC(C)(C)OC(=O)Nc1ccc(F)cc1N. The molecule has 0 saturated heterocycles. The number of nitrogens with two attached hydrogens (primary N) is 1. The van der Waals surface area contributed by atoms with E-state index in [9.17, 15) is 9.18 Å². The predicted octanol–water partition coefficient (Wildman–Crippen LogP) is 3.78. The van der Waals surface area contributed by atoms with Crippen LogP contribution in [0.3, 0.4) is 0 Å². The van der Waals surface area contributed by atoms with Crippen LogP contribution in [0.4, 0.5) is 20.6 Å². The van der Waals surface area contributed by atoms with Crippen LogP contribution >= 0.6 is 0 Å². The molecule has 0 aliphatic rings. The summed E-state index contributed by atoms with van der Waals surface area (Å²) in [5, 5.41) is 2.44. The monoisotopic (exact) mass is 256 g/mol. The largest absolute Gasteiger partial charge is 0.444 e. The molecule has 5 heteroatoms. The molecule has 0 unspecified atom stereocenters. The zero-order valence-electron chi connectivity index (χ0n) is 11.5. The Labute approximate surface area is 107 Å². The Morgan fingerprint density at radius 1 is 1.33 bits per heavy atom. The van der Waals surface area contributed by atoms with E-state index in [0.29, 0.717) is 5.69 Å². The second-order valence-electron chi connectivity index (χ2n) is 4.36. The van der Waals surface area contributed by atoms with Crippen molar-refractivity contribution in [3.8, 4) is 0 Å². The number of carbonyl (C=O) groups is 1. The lowest BCUT2D eigenvalue weighted by molar-refractivity contribution is 0.0636. The van der Waals surface area contributed by atoms with Gasteiger partial charge in [0.15, 0.2) is 0 Å². The highest BCUT2D eigenvalue weighted by molar-refractivity contribution is 5.89. The molecule has 0 atom stereocenters. The van der Waals surface area contributed by atoms with E-state index in [1.54, 1.807) is 20.8 Å². The van der Waals surface area contributed by atoms with Gasteiger partial charge in [0.25, 0.3) is 0 Å². The summed E-state index contributed by atoms with van der Waals surface area (Å²) in [7, 11) is 0.